The molecule has 1 N–H and O–H groups in total. The minimum atomic E-state index is -3.00. The number of nitrogens with zero attached hydrogens (tertiary/aromatic N) is 1. The van der Waals surface area contributed by atoms with Crippen molar-refractivity contribution in [2.24, 2.45) is 5.41 Å². The van der Waals surface area contributed by atoms with Gasteiger partial charge >= 0.3 is 12.4 Å². The van der Waals surface area contributed by atoms with Crippen molar-refractivity contribution < 1.29 is 23.5 Å². The molecule has 1 amide bonds. The predicted molar refractivity (Wildman–Crippen MR) is 56.8 cm³/mol. The minimum Gasteiger partial charge on any atom is -0.481 e. The Bertz CT molecular complexity index is 299. The zero-order valence-electron chi connectivity index (χ0n) is 9.79. The standard InChI is InChI=1S/C11H17F2NO3/c1-2-3-11(10(16)17)4-6-14(7-5-11)9(15)8(12)13/h8H,2-7H2,1H3,(H,16,17). The molecule has 0 atom stereocenters. The van der Waals surface area contributed by atoms with Crippen LogP contribution in [-0.4, -0.2) is 41.4 Å². The zero-order chi connectivity index (χ0) is 13.1. The molecule has 0 unspecified atom stereocenters. The van der Waals surface area contributed by atoms with E-state index in [1.165, 1.54) is 0 Å². The maximum Gasteiger partial charge on any atom is 0.315 e. The van der Waals surface area contributed by atoms with E-state index in [0.29, 0.717) is 6.42 Å². The van der Waals surface area contributed by atoms with Gasteiger partial charge in [-0.2, -0.15) is 8.78 Å². The smallest absolute Gasteiger partial charge is 0.315 e. The molecule has 98 valence electrons. The monoisotopic (exact) mass is 249 g/mol. The normalized spacial score (nSPS) is 19.4. The number of carboxylic acids is 1. The molecule has 17 heavy (non-hydrogen) atoms. The fourth-order valence-corrected chi connectivity index (χ4v) is 2.34. The van der Waals surface area contributed by atoms with Gasteiger partial charge in [-0.05, 0) is 19.3 Å². The Morgan fingerprint density at radius 1 is 1.35 bits per heavy atom. The topological polar surface area (TPSA) is 57.6 Å². The number of carbonyl (C=O) groups is 2. The molecular weight excluding hydrogens is 232 g/mol. The second kappa shape index (κ2) is 5.42. The largest absolute Gasteiger partial charge is 0.481 e. The van der Waals surface area contributed by atoms with Gasteiger partial charge in [-0.1, -0.05) is 13.3 Å². The van der Waals surface area contributed by atoms with Gasteiger partial charge in [0.15, 0.2) is 0 Å². The van der Waals surface area contributed by atoms with Crippen LogP contribution in [0.3, 0.4) is 0 Å². The Labute approximate surface area is 98.6 Å². The van der Waals surface area contributed by atoms with Crippen molar-refractivity contribution in [3.05, 3.63) is 0 Å². The molecule has 1 aliphatic heterocycles. The quantitative estimate of drug-likeness (QED) is 0.825. The lowest BCUT2D eigenvalue weighted by atomic mass is 9.75. The first kappa shape index (κ1) is 13.9. The van der Waals surface area contributed by atoms with Gasteiger partial charge in [0, 0.05) is 13.1 Å². The summed E-state index contributed by atoms with van der Waals surface area (Å²) in [5, 5.41) is 9.20. The molecule has 4 nitrogen and oxygen atoms in total. The van der Waals surface area contributed by atoms with Crippen LogP contribution < -0.4 is 0 Å². The second-order valence-electron chi connectivity index (χ2n) is 4.46. The van der Waals surface area contributed by atoms with E-state index in [9.17, 15) is 23.5 Å². The zero-order valence-corrected chi connectivity index (χ0v) is 9.79. The second-order valence-corrected chi connectivity index (χ2v) is 4.46. The number of amides is 1. The van der Waals surface area contributed by atoms with Gasteiger partial charge in [-0.25, -0.2) is 0 Å². The van der Waals surface area contributed by atoms with E-state index in [-0.39, 0.29) is 25.9 Å². The molecule has 1 fully saturated rings. The Hall–Kier alpha value is -1.20. The van der Waals surface area contributed by atoms with Gasteiger partial charge < -0.3 is 10.0 Å². The molecule has 1 aliphatic rings. The molecule has 0 radical (unpaired) electrons. The summed E-state index contributed by atoms with van der Waals surface area (Å²) >= 11 is 0. The minimum absolute atomic E-state index is 0.107. The highest BCUT2D eigenvalue weighted by Gasteiger charge is 2.42. The SMILES string of the molecule is CCCC1(C(=O)O)CCN(C(=O)C(F)F)CC1. The first-order valence-electron chi connectivity index (χ1n) is 5.73. The molecule has 0 spiro atoms. The van der Waals surface area contributed by atoms with Gasteiger partial charge in [-0.15, -0.1) is 0 Å². The fraction of sp³-hybridized carbons (Fsp3) is 0.818. The maximum atomic E-state index is 12.2. The Balaban J connectivity index is 2.65. The molecule has 1 heterocycles. The average Bonchev–Trinajstić information content (AvgIpc) is 2.29. The van der Waals surface area contributed by atoms with E-state index < -0.39 is 23.7 Å². The summed E-state index contributed by atoms with van der Waals surface area (Å²) in [4.78, 5) is 23.3. The number of halogens is 2. The van der Waals surface area contributed by atoms with Gasteiger partial charge in [0.2, 0.25) is 0 Å². The van der Waals surface area contributed by atoms with Gasteiger partial charge in [0.05, 0.1) is 5.41 Å². The Morgan fingerprint density at radius 3 is 2.24 bits per heavy atom. The van der Waals surface area contributed by atoms with E-state index in [1.54, 1.807) is 0 Å². The lowest BCUT2D eigenvalue weighted by Gasteiger charge is -2.38. The molecule has 6 heteroatoms. The summed E-state index contributed by atoms with van der Waals surface area (Å²) < 4.78 is 24.4. The summed E-state index contributed by atoms with van der Waals surface area (Å²) in [5.74, 6) is -2.08. The lowest BCUT2D eigenvalue weighted by Crippen LogP contribution is -2.48. The van der Waals surface area contributed by atoms with Crippen LogP contribution in [-0.2, 0) is 9.59 Å². The number of alkyl halides is 2. The number of piperidine rings is 1. The number of hydrogen-bond donors (Lipinski definition) is 1. The van der Waals surface area contributed by atoms with Crippen molar-refractivity contribution in [1.29, 1.82) is 0 Å². The average molecular weight is 249 g/mol. The number of rotatable bonds is 4. The molecule has 0 aromatic rings. The van der Waals surface area contributed by atoms with Crippen LogP contribution in [0.4, 0.5) is 8.78 Å². The number of hydrogen-bond acceptors (Lipinski definition) is 2. The summed E-state index contributed by atoms with van der Waals surface area (Å²) in [6.45, 7) is 2.10. The van der Waals surface area contributed by atoms with Crippen LogP contribution in [0.25, 0.3) is 0 Å². The van der Waals surface area contributed by atoms with Crippen molar-refractivity contribution in [3.63, 3.8) is 0 Å². The molecule has 0 bridgehead atoms. The van der Waals surface area contributed by atoms with Crippen LogP contribution in [0.5, 0.6) is 0 Å². The van der Waals surface area contributed by atoms with E-state index in [1.807, 2.05) is 6.92 Å². The van der Waals surface area contributed by atoms with Crippen molar-refractivity contribution in [3.8, 4) is 0 Å². The van der Waals surface area contributed by atoms with Gasteiger partial charge in [0.1, 0.15) is 0 Å². The van der Waals surface area contributed by atoms with Crippen LogP contribution in [0.15, 0.2) is 0 Å². The third kappa shape index (κ3) is 2.92. The summed E-state index contributed by atoms with van der Waals surface area (Å²) in [6.07, 6.45) is -1.23. The van der Waals surface area contributed by atoms with E-state index in [2.05, 4.69) is 0 Å². The third-order valence-corrected chi connectivity index (χ3v) is 3.40. The fourth-order valence-electron chi connectivity index (χ4n) is 2.34. The maximum absolute atomic E-state index is 12.2. The first-order chi connectivity index (χ1) is 7.93. The summed E-state index contributed by atoms with van der Waals surface area (Å²) in [7, 11) is 0. The highest BCUT2D eigenvalue weighted by atomic mass is 19.3. The van der Waals surface area contributed by atoms with Gasteiger partial charge in [-0.3, -0.25) is 9.59 Å². The third-order valence-electron chi connectivity index (χ3n) is 3.40. The highest BCUT2D eigenvalue weighted by Crippen LogP contribution is 2.36. The van der Waals surface area contributed by atoms with E-state index >= 15 is 0 Å². The molecule has 0 aromatic heterocycles. The predicted octanol–water partition coefficient (Wildman–Crippen LogP) is 1.74. The highest BCUT2D eigenvalue weighted by molar-refractivity contribution is 5.80. The molecule has 1 saturated heterocycles. The molecule has 1 rings (SSSR count). The summed E-state index contributed by atoms with van der Waals surface area (Å²) in [6, 6.07) is 0. The van der Waals surface area contributed by atoms with Crippen molar-refractivity contribution in [2.75, 3.05) is 13.1 Å². The molecular formula is C11H17F2NO3. The van der Waals surface area contributed by atoms with Crippen molar-refractivity contribution in [1.82, 2.24) is 4.90 Å². The molecule has 0 aromatic carbocycles. The number of likely N-dealkylation sites (tertiary alicyclic amines) is 1. The lowest BCUT2D eigenvalue weighted by molar-refractivity contribution is -0.157. The Kier molecular flexibility index (Phi) is 4.42. The molecule has 0 saturated carbocycles. The summed E-state index contributed by atoms with van der Waals surface area (Å²) in [5.41, 5.74) is -0.840. The van der Waals surface area contributed by atoms with E-state index in [4.69, 9.17) is 0 Å². The number of aliphatic carboxylic acids is 1. The van der Waals surface area contributed by atoms with Crippen LogP contribution in [0, 0.1) is 5.41 Å². The van der Waals surface area contributed by atoms with Crippen LogP contribution >= 0.6 is 0 Å². The van der Waals surface area contributed by atoms with Crippen molar-refractivity contribution in [2.45, 2.75) is 39.0 Å². The van der Waals surface area contributed by atoms with Crippen LogP contribution in [0.2, 0.25) is 0 Å². The van der Waals surface area contributed by atoms with Crippen LogP contribution in [0.1, 0.15) is 32.6 Å². The Morgan fingerprint density at radius 2 is 1.88 bits per heavy atom. The van der Waals surface area contributed by atoms with Crippen molar-refractivity contribution >= 4 is 11.9 Å². The number of carboxylic acid groups (broad SMARTS) is 1. The van der Waals surface area contributed by atoms with Gasteiger partial charge in [0.25, 0.3) is 5.91 Å². The number of carbonyl (C=O) groups excluding carboxylic acids is 1. The first-order valence-corrected chi connectivity index (χ1v) is 5.73. The molecule has 0 aliphatic carbocycles. The van der Waals surface area contributed by atoms with E-state index in [0.717, 1.165) is 11.3 Å².